The maximum absolute atomic E-state index is 15.1. The monoisotopic (exact) mass is 526 g/mol. The minimum Gasteiger partial charge on any atom is -0.389 e. The zero-order valence-electron chi connectivity index (χ0n) is 20.5. The van der Waals surface area contributed by atoms with Crippen LogP contribution in [0.3, 0.4) is 0 Å². The number of aliphatic hydroxyl groups is 1. The second kappa shape index (κ2) is 9.49. The normalized spacial score (nSPS) is 12.7. The molecule has 4 heterocycles. The van der Waals surface area contributed by atoms with E-state index < -0.39 is 24.6 Å². The van der Waals surface area contributed by atoms with Gasteiger partial charge in [0, 0.05) is 23.4 Å². The summed E-state index contributed by atoms with van der Waals surface area (Å²) in [5.41, 5.74) is 3.09. The number of alkyl halides is 3. The highest BCUT2D eigenvalue weighted by Crippen LogP contribution is 2.32. The van der Waals surface area contributed by atoms with E-state index in [1.807, 2.05) is 0 Å². The van der Waals surface area contributed by atoms with Crippen molar-refractivity contribution in [3.63, 3.8) is 0 Å². The molecule has 0 aliphatic rings. The van der Waals surface area contributed by atoms with E-state index in [1.54, 1.807) is 42.7 Å². The summed E-state index contributed by atoms with van der Waals surface area (Å²) >= 11 is 0. The lowest BCUT2D eigenvalue weighted by atomic mass is 10.0. The van der Waals surface area contributed by atoms with E-state index in [-0.39, 0.29) is 11.4 Å². The van der Waals surface area contributed by atoms with Crippen LogP contribution in [-0.2, 0) is 6.54 Å². The Hall–Kier alpha value is -4.39. The molecule has 0 spiro atoms. The highest BCUT2D eigenvalue weighted by atomic mass is 19.4. The summed E-state index contributed by atoms with van der Waals surface area (Å²) in [6.45, 7) is 3.63. The Labute approximate surface area is 213 Å². The molecule has 38 heavy (non-hydrogen) atoms. The van der Waals surface area contributed by atoms with Gasteiger partial charge in [-0.3, -0.25) is 9.25 Å². The summed E-state index contributed by atoms with van der Waals surface area (Å²) in [7, 11) is 0. The third-order valence-electron chi connectivity index (χ3n) is 5.85. The Balaban J connectivity index is 1.55. The Morgan fingerprint density at radius 3 is 2.55 bits per heavy atom. The van der Waals surface area contributed by atoms with Crippen LogP contribution >= 0.6 is 0 Å². The first-order valence-corrected chi connectivity index (χ1v) is 11.5. The molecule has 9 nitrogen and oxygen atoms in total. The van der Waals surface area contributed by atoms with E-state index in [1.165, 1.54) is 31.6 Å². The molecule has 13 heteroatoms. The number of nitrogens with zero attached hydrogens (tertiary/aromatic N) is 7. The van der Waals surface area contributed by atoms with Crippen LogP contribution in [0.5, 0.6) is 0 Å². The zero-order chi connectivity index (χ0) is 27.2. The van der Waals surface area contributed by atoms with Crippen molar-refractivity contribution in [2.75, 3.05) is 5.32 Å². The van der Waals surface area contributed by atoms with E-state index in [0.717, 1.165) is 10.4 Å². The maximum Gasteiger partial charge on any atom is 0.408 e. The number of fused-ring (bicyclic) bond motifs is 1. The molecule has 5 aromatic rings. The van der Waals surface area contributed by atoms with Crippen molar-refractivity contribution in [2.45, 2.75) is 39.6 Å². The second-order valence-electron chi connectivity index (χ2n) is 8.84. The van der Waals surface area contributed by atoms with Crippen molar-refractivity contribution in [3.8, 4) is 17.1 Å². The predicted octanol–water partition coefficient (Wildman–Crippen LogP) is 5.19. The molecule has 0 radical (unpaired) electrons. The van der Waals surface area contributed by atoms with Crippen LogP contribution in [0.4, 0.5) is 29.1 Å². The number of halogens is 4. The van der Waals surface area contributed by atoms with Gasteiger partial charge in [0.2, 0.25) is 0 Å². The van der Waals surface area contributed by atoms with Gasteiger partial charge in [-0.15, -0.1) is 5.10 Å². The fourth-order valence-corrected chi connectivity index (χ4v) is 4.07. The number of aryl methyl sites for hydroxylation is 2. The third-order valence-corrected chi connectivity index (χ3v) is 5.85. The lowest BCUT2D eigenvalue weighted by Crippen LogP contribution is -2.17. The minimum atomic E-state index is -4.45. The van der Waals surface area contributed by atoms with Gasteiger partial charge in [-0.25, -0.2) is 14.4 Å². The molecule has 5 rings (SSSR count). The van der Waals surface area contributed by atoms with Gasteiger partial charge in [0.25, 0.3) is 0 Å². The molecular weight excluding hydrogens is 504 g/mol. The molecule has 0 aliphatic heterocycles. The van der Waals surface area contributed by atoms with Gasteiger partial charge in [-0.1, -0.05) is 6.07 Å². The predicted molar refractivity (Wildman–Crippen MR) is 132 cm³/mol. The van der Waals surface area contributed by atoms with Crippen molar-refractivity contribution >= 4 is 22.5 Å². The molecule has 0 aliphatic carbocycles. The van der Waals surface area contributed by atoms with Gasteiger partial charge in [0.15, 0.2) is 5.82 Å². The number of aromatic nitrogens is 7. The van der Waals surface area contributed by atoms with Crippen LogP contribution in [-0.4, -0.2) is 45.8 Å². The highest BCUT2D eigenvalue weighted by Gasteiger charge is 2.29. The Morgan fingerprint density at radius 1 is 1.08 bits per heavy atom. The molecule has 0 saturated carbocycles. The topological polar surface area (TPSA) is 107 Å². The Morgan fingerprint density at radius 2 is 1.87 bits per heavy atom. The lowest BCUT2D eigenvalue weighted by molar-refractivity contribution is -0.142. The number of pyridine rings is 1. The third kappa shape index (κ3) is 5.05. The van der Waals surface area contributed by atoms with Gasteiger partial charge in [-0.2, -0.15) is 23.4 Å². The number of hydrogen-bond acceptors (Lipinski definition) is 7. The van der Waals surface area contributed by atoms with Crippen molar-refractivity contribution < 1.29 is 22.7 Å². The number of rotatable bonds is 6. The van der Waals surface area contributed by atoms with Gasteiger partial charge in [0.1, 0.15) is 24.5 Å². The van der Waals surface area contributed by atoms with Crippen LogP contribution in [0.25, 0.3) is 28.1 Å². The minimum absolute atomic E-state index is 0.159. The second-order valence-corrected chi connectivity index (χ2v) is 8.84. The van der Waals surface area contributed by atoms with E-state index in [4.69, 9.17) is 0 Å². The Kier molecular flexibility index (Phi) is 6.31. The SMILES string of the molecule is Cc1ccc(Nc2cc3ncn(-c4ccc(C(C)O)c(-c5cn(CC(F)(F)F)nc5C)n4)c3cc2F)nn1. The molecule has 196 valence electrons. The largest absolute Gasteiger partial charge is 0.408 e. The summed E-state index contributed by atoms with van der Waals surface area (Å²) in [5.74, 6) is 0.140. The van der Waals surface area contributed by atoms with Crippen LogP contribution < -0.4 is 5.32 Å². The van der Waals surface area contributed by atoms with Gasteiger partial charge in [0.05, 0.1) is 39.9 Å². The molecule has 0 fully saturated rings. The summed E-state index contributed by atoms with van der Waals surface area (Å²) in [6.07, 6.45) is -2.68. The van der Waals surface area contributed by atoms with E-state index >= 15 is 4.39 Å². The number of aliphatic hydroxyl groups excluding tert-OH is 1. The Bertz CT molecular complexity index is 1620. The van der Waals surface area contributed by atoms with Crippen molar-refractivity contribution in [1.82, 2.24) is 34.5 Å². The van der Waals surface area contributed by atoms with E-state index in [9.17, 15) is 18.3 Å². The quantitative estimate of drug-likeness (QED) is 0.293. The molecular formula is C25H22F4N8O. The fraction of sp³-hybridized carbons (Fsp3) is 0.240. The molecule has 2 N–H and O–H groups in total. The summed E-state index contributed by atoms with van der Waals surface area (Å²) in [6, 6.07) is 9.49. The number of anilines is 2. The number of hydrogen-bond donors (Lipinski definition) is 2. The summed E-state index contributed by atoms with van der Waals surface area (Å²) in [4.78, 5) is 8.99. The van der Waals surface area contributed by atoms with Crippen LogP contribution in [0.1, 0.15) is 30.0 Å². The van der Waals surface area contributed by atoms with Gasteiger partial charge < -0.3 is 10.4 Å². The summed E-state index contributed by atoms with van der Waals surface area (Å²) < 4.78 is 56.2. The standard InChI is InChI=1S/C25H22F4N8O/c1-13-4-6-22(34-33-13)31-19-9-20-21(8-18(19)26)37(12-30-20)23-7-5-16(15(3)38)24(32-23)17-10-36(35-14(17)2)11-25(27,28)29/h4-10,12,15,38H,11H2,1-3H3,(H,31,34). The summed E-state index contributed by atoms with van der Waals surface area (Å²) in [5, 5.41) is 25.1. The molecule has 1 aromatic carbocycles. The molecule has 0 bridgehead atoms. The lowest BCUT2D eigenvalue weighted by Gasteiger charge is -2.14. The molecule has 1 atom stereocenters. The maximum atomic E-state index is 15.1. The first-order valence-electron chi connectivity index (χ1n) is 11.5. The van der Waals surface area contributed by atoms with Crippen LogP contribution in [0.15, 0.2) is 48.9 Å². The average Bonchev–Trinajstić information content (AvgIpc) is 3.41. The van der Waals surface area contributed by atoms with E-state index in [0.29, 0.717) is 39.5 Å². The highest BCUT2D eigenvalue weighted by molar-refractivity contribution is 5.82. The van der Waals surface area contributed by atoms with Crippen LogP contribution in [0.2, 0.25) is 0 Å². The number of imidazole rings is 1. The van der Waals surface area contributed by atoms with Crippen LogP contribution in [0, 0.1) is 19.7 Å². The smallest absolute Gasteiger partial charge is 0.389 e. The molecule has 0 amide bonds. The molecule has 4 aromatic heterocycles. The molecule has 1 unspecified atom stereocenters. The van der Waals surface area contributed by atoms with Crippen molar-refractivity contribution in [3.05, 3.63) is 71.7 Å². The van der Waals surface area contributed by atoms with Crippen molar-refractivity contribution in [2.24, 2.45) is 0 Å². The fourth-order valence-electron chi connectivity index (χ4n) is 4.07. The van der Waals surface area contributed by atoms with E-state index in [2.05, 4.69) is 30.6 Å². The first kappa shape index (κ1) is 25.3. The number of benzene rings is 1. The first-order chi connectivity index (χ1) is 18.0. The van der Waals surface area contributed by atoms with Gasteiger partial charge >= 0.3 is 6.18 Å². The van der Waals surface area contributed by atoms with Crippen molar-refractivity contribution in [1.29, 1.82) is 0 Å². The van der Waals surface area contributed by atoms with Gasteiger partial charge in [-0.05, 0) is 45.0 Å². The number of nitrogens with one attached hydrogen (secondary N) is 1. The average molecular weight is 526 g/mol. The molecule has 0 saturated heterocycles. The zero-order valence-corrected chi connectivity index (χ0v) is 20.5.